The van der Waals surface area contributed by atoms with E-state index in [9.17, 15) is 5.11 Å². The van der Waals surface area contributed by atoms with Crippen LogP contribution in [-0.4, -0.2) is 11.2 Å². The van der Waals surface area contributed by atoms with E-state index in [2.05, 4.69) is 32.6 Å². The van der Waals surface area contributed by atoms with Crippen molar-refractivity contribution in [3.63, 3.8) is 0 Å². The molecule has 0 spiro atoms. The van der Waals surface area contributed by atoms with E-state index < -0.39 is 0 Å². The molecule has 1 nitrogen and oxygen atoms in total. The van der Waals surface area contributed by atoms with Crippen molar-refractivity contribution in [2.45, 2.75) is 46.6 Å². The van der Waals surface area contributed by atoms with Crippen LogP contribution in [0.1, 0.15) is 40.5 Å². The highest BCUT2D eigenvalue weighted by molar-refractivity contribution is 4.98. The van der Waals surface area contributed by atoms with Crippen LogP contribution in [0, 0.1) is 17.3 Å². The van der Waals surface area contributed by atoms with Gasteiger partial charge in [-0.05, 0) is 18.8 Å². The fraction of sp³-hybridized carbons (Fsp3) is 0.800. The molecule has 1 atom stereocenters. The van der Waals surface area contributed by atoms with E-state index in [0.29, 0.717) is 6.42 Å². The number of hydrogen-bond acceptors (Lipinski definition) is 1. The second kappa shape index (κ2) is 4.41. The Balaban J connectivity index is 3.97. The van der Waals surface area contributed by atoms with Gasteiger partial charge in [0.15, 0.2) is 0 Å². The molecule has 0 aliphatic rings. The van der Waals surface area contributed by atoms with Gasteiger partial charge in [0.2, 0.25) is 0 Å². The van der Waals surface area contributed by atoms with E-state index in [4.69, 9.17) is 0 Å². The van der Waals surface area contributed by atoms with E-state index in [1.54, 1.807) is 6.92 Å². The minimum Gasteiger partial charge on any atom is -0.392 e. The molecule has 0 aromatic carbocycles. The zero-order valence-corrected chi connectivity index (χ0v) is 7.94. The molecule has 1 N–H and O–H groups in total. The fourth-order valence-corrected chi connectivity index (χ4v) is 0.711. The average Bonchev–Trinajstić information content (AvgIpc) is 2.00. The van der Waals surface area contributed by atoms with Crippen molar-refractivity contribution in [3.8, 4) is 11.8 Å². The summed E-state index contributed by atoms with van der Waals surface area (Å²) in [6.07, 6.45) is 1.29. The maximum Gasteiger partial charge on any atom is 0.0700 e. The molecule has 0 fully saturated rings. The van der Waals surface area contributed by atoms with Gasteiger partial charge in [-0.15, -0.1) is 11.8 Å². The first-order valence-corrected chi connectivity index (χ1v) is 4.12. The van der Waals surface area contributed by atoms with Gasteiger partial charge in [0.05, 0.1) is 6.10 Å². The molecule has 0 saturated carbocycles. The Hall–Kier alpha value is -0.480. The molecule has 0 heterocycles. The second-order valence-corrected chi connectivity index (χ2v) is 3.49. The minimum absolute atomic E-state index is 0.00382. The van der Waals surface area contributed by atoms with Crippen molar-refractivity contribution in [2.75, 3.05) is 0 Å². The van der Waals surface area contributed by atoms with E-state index in [1.165, 1.54) is 0 Å². The summed E-state index contributed by atoms with van der Waals surface area (Å²) < 4.78 is 0. The number of aliphatic hydroxyl groups excluding tert-OH is 1. The highest BCUT2D eigenvalue weighted by Crippen LogP contribution is 2.26. The summed E-state index contributed by atoms with van der Waals surface area (Å²) in [5.41, 5.74) is 0.00382. The molecule has 0 aliphatic carbocycles. The van der Waals surface area contributed by atoms with Crippen LogP contribution in [0.15, 0.2) is 0 Å². The molecule has 11 heavy (non-hydrogen) atoms. The van der Waals surface area contributed by atoms with Gasteiger partial charge in [0.1, 0.15) is 0 Å². The first-order chi connectivity index (χ1) is 5.04. The Morgan fingerprint density at radius 2 is 2.00 bits per heavy atom. The van der Waals surface area contributed by atoms with Gasteiger partial charge < -0.3 is 5.11 Å². The predicted molar refractivity (Wildman–Crippen MR) is 48.1 cm³/mol. The summed E-state index contributed by atoms with van der Waals surface area (Å²) in [4.78, 5) is 0. The summed E-state index contributed by atoms with van der Waals surface area (Å²) in [7, 11) is 0. The quantitative estimate of drug-likeness (QED) is 0.618. The lowest BCUT2D eigenvalue weighted by Crippen LogP contribution is -2.27. The molecule has 0 saturated heterocycles. The van der Waals surface area contributed by atoms with Crippen molar-refractivity contribution >= 4 is 0 Å². The van der Waals surface area contributed by atoms with Crippen LogP contribution in [0.5, 0.6) is 0 Å². The molecule has 0 radical (unpaired) electrons. The zero-order chi connectivity index (χ0) is 8.91. The lowest BCUT2D eigenvalue weighted by Gasteiger charge is -2.27. The smallest absolute Gasteiger partial charge is 0.0700 e. The van der Waals surface area contributed by atoms with Crippen LogP contribution in [0.3, 0.4) is 0 Å². The highest BCUT2D eigenvalue weighted by atomic mass is 16.3. The number of rotatable bonds is 3. The molecule has 0 amide bonds. The maximum atomic E-state index is 9.61. The standard InChI is InChI=1S/C10H18O/c1-5-7-8-9(11)10(3,4)6-2/h9,11H,6,8H2,1-4H3. The van der Waals surface area contributed by atoms with E-state index in [-0.39, 0.29) is 11.5 Å². The average molecular weight is 154 g/mol. The Bertz CT molecular complexity index is 159. The first-order valence-electron chi connectivity index (χ1n) is 4.12. The van der Waals surface area contributed by atoms with Gasteiger partial charge in [-0.3, -0.25) is 0 Å². The predicted octanol–water partition coefficient (Wildman–Crippen LogP) is 2.20. The zero-order valence-electron chi connectivity index (χ0n) is 7.94. The van der Waals surface area contributed by atoms with Crippen molar-refractivity contribution in [1.82, 2.24) is 0 Å². The minimum atomic E-state index is -0.292. The Labute approximate surface area is 69.8 Å². The fourth-order valence-electron chi connectivity index (χ4n) is 0.711. The maximum absolute atomic E-state index is 9.61. The van der Waals surface area contributed by atoms with Crippen LogP contribution in [-0.2, 0) is 0 Å². The Morgan fingerprint density at radius 1 is 1.45 bits per heavy atom. The summed E-state index contributed by atoms with van der Waals surface area (Å²) in [6, 6.07) is 0. The van der Waals surface area contributed by atoms with Gasteiger partial charge in [-0.1, -0.05) is 20.8 Å². The molecule has 0 aromatic rings. The molecule has 64 valence electrons. The van der Waals surface area contributed by atoms with Gasteiger partial charge in [-0.2, -0.15) is 0 Å². The van der Waals surface area contributed by atoms with Crippen molar-refractivity contribution in [3.05, 3.63) is 0 Å². The van der Waals surface area contributed by atoms with Crippen LogP contribution < -0.4 is 0 Å². The van der Waals surface area contributed by atoms with Gasteiger partial charge in [0.25, 0.3) is 0 Å². The third-order valence-electron chi connectivity index (χ3n) is 2.29. The normalized spacial score (nSPS) is 13.5. The highest BCUT2D eigenvalue weighted by Gasteiger charge is 2.24. The van der Waals surface area contributed by atoms with E-state index in [1.807, 2.05) is 0 Å². The number of hydrogen-bond donors (Lipinski definition) is 1. The molecule has 0 aromatic heterocycles. The monoisotopic (exact) mass is 154 g/mol. The van der Waals surface area contributed by atoms with Crippen molar-refractivity contribution in [2.24, 2.45) is 5.41 Å². The van der Waals surface area contributed by atoms with E-state index >= 15 is 0 Å². The SMILES string of the molecule is CC#CCC(O)C(C)(C)CC. The lowest BCUT2D eigenvalue weighted by molar-refractivity contribution is 0.0519. The van der Waals surface area contributed by atoms with Gasteiger partial charge >= 0.3 is 0 Å². The van der Waals surface area contributed by atoms with Gasteiger partial charge in [0, 0.05) is 6.42 Å². The van der Waals surface area contributed by atoms with Crippen LogP contribution in [0.2, 0.25) is 0 Å². The summed E-state index contributed by atoms with van der Waals surface area (Å²) >= 11 is 0. The molecule has 1 heteroatoms. The lowest BCUT2D eigenvalue weighted by atomic mass is 9.82. The van der Waals surface area contributed by atoms with Crippen molar-refractivity contribution in [1.29, 1.82) is 0 Å². The third-order valence-corrected chi connectivity index (χ3v) is 2.29. The van der Waals surface area contributed by atoms with E-state index in [0.717, 1.165) is 6.42 Å². The van der Waals surface area contributed by atoms with Crippen LogP contribution >= 0.6 is 0 Å². The third kappa shape index (κ3) is 3.43. The molecule has 0 rings (SSSR count). The largest absolute Gasteiger partial charge is 0.392 e. The molecule has 0 aliphatic heterocycles. The number of aliphatic hydroxyl groups is 1. The van der Waals surface area contributed by atoms with Crippen molar-refractivity contribution < 1.29 is 5.11 Å². The summed E-state index contributed by atoms with van der Waals surface area (Å²) in [6.45, 7) is 8.01. The van der Waals surface area contributed by atoms with Crippen LogP contribution in [0.25, 0.3) is 0 Å². The first kappa shape index (κ1) is 10.5. The van der Waals surface area contributed by atoms with Crippen LogP contribution in [0.4, 0.5) is 0 Å². The van der Waals surface area contributed by atoms with Gasteiger partial charge in [-0.25, -0.2) is 0 Å². The Morgan fingerprint density at radius 3 is 2.36 bits per heavy atom. The Kier molecular flexibility index (Phi) is 4.22. The topological polar surface area (TPSA) is 20.2 Å². The molecule has 0 bridgehead atoms. The second-order valence-electron chi connectivity index (χ2n) is 3.49. The summed E-state index contributed by atoms with van der Waals surface area (Å²) in [5, 5.41) is 9.61. The molecule has 1 unspecified atom stereocenters. The molecular formula is C10H18O. The molecular weight excluding hydrogens is 136 g/mol. The summed E-state index contributed by atoms with van der Waals surface area (Å²) in [5.74, 6) is 5.67.